The van der Waals surface area contributed by atoms with Crippen molar-refractivity contribution >= 4 is 5.78 Å². The minimum atomic E-state index is -0.164. The first-order chi connectivity index (χ1) is 15.7. The number of carbonyl (C=O) groups excluding carboxylic acids is 1. The van der Waals surface area contributed by atoms with Gasteiger partial charge in [-0.05, 0) is 98.2 Å². The fraction of sp³-hybridized carbons (Fsp3) is 0.968. The van der Waals surface area contributed by atoms with E-state index in [0.717, 1.165) is 19.3 Å². The summed E-state index contributed by atoms with van der Waals surface area (Å²) < 4.78 is 13.2. The van der Waals surface area contributed by atoms with Crippen molar-refractivity contribution in [1.82, 2.24) is 0 Å². The maximum absolute atomic E-state index is 13.0. The quantitative estimate of drug-likeness (QED) is 0.376. The van der Waals surface area contributed by atoms with Crippen molar-refractivity contribution in [2.45, 2.75) is 136 Å². The molecule has 3 heteroatoms. The molecule has 3 nitrogen and oxygen atoms in total. The number of carbonyl (C=O) groups is 1. The van der Waals surface area contributed by atoms with Crippen LogP contribution in [0.3, 0.4) is 0 Å². The fourth-order valence-electron chi connectivity index (χ4n) is 12.4. The smallest absolute Gasteiger partial charge is 0.138 e. The van der Waals surface area contributed by atoms with Crippen LogP contribution in [-0.2, 0) is 14.3 Å². The molecule has 6 aliphatic rings. The van der Waals surface area contributed by atoms with Crippen LogP contribution in [0.2, 0.25) is 0 Å². The number of hydrogen-bond donors (Lipinski definition) is 0. The van der Waals surface area contributed by atoms with Crippen molar-refractivity contribution in [2.24, 2.45) is 44.8 Å². The third-order valence-corrected chi connectivity index (χ3v) is 13.9. The van der Waals surface area contributed by atoms with Crippen LogP contribution in [0.5, 0.6) is 0 Å². The summed E-state index contributed by atoms with van der Waals surface area (Å²) in [6.45, 7) is 17.3. The van der Waals surface area contributed by atoms with E-state index in [-0.39, 0.29) is 32.9 Å². The van der Waals surface area contributed by atoms with E-state index in [4.69, 9.17) is 9.47 Å². The lowest BCUT2D eigenvalue weighted by Crippen LogP contribution is -2.60. The number of rotatable bonds is 1. The van der Waals surface area contributed by atoms with Gasteiger partial charge in [0.1, 0.15) is 11.4 Å². The first-order valence-corrected chi connectivity index (χ1v) is 14.5. The van der Waals surface area contributed by atoms with E-state index >= 15 is 0 Å². The zero-order chi connectivity index (χ0) is 24.6. The van der Waals surface area contributed by atoms with Crippen molar-refractivity contribution in [3.8, 4) is 0 Å². The zero-order valence-electron chi connectivity index (χ0n) is 23.3. The largest absolute Gasteiger partial charge is 0.381 e. The lowest BCUT2D eigenvalue weighted by atomic mass is 9.42. The molecular weight excluding hydrogens is 420 g/mol. The molecule has 0 unspecified atom stereocenters. The molecule has 9 atom stereocenters. The highest BCUT2D eigenvalue weighted by atomic mass is 16.6. The predicted octanol–water partition coefficient (Wildman–Crippen LogP) is 7.36. The summed E-state index contributed by atoms with van der Waals surface area (Å²) in [6, 6.07) is 0. The van der Waals surface area contributed by atoms with E-state index in [2.05, 4.69) is 48.5 Å². The number of fused-ring (bicyclic) bond motifs is 4. The topological polar surface area (TPSA) is 38.8 Å². The maximum Gasteiger partial charge on any atom is 0.138 e. The summed E-state index contributed by atoms with van der Waals surface area (Å²) in [5, 5.41) is 0. The molecule has 6 rings (SSSR count). The first kappa shape index (κ1) is 24.0. The van der Waals surface area contributed by atoms with E-state index < -0.39 is 0 Å². The van der Waals surface area contributed by atoms with Crippen LogP contribution in [0.25, 0.3) is 0 Å². The highest BCUT2D eigenvalue weighted by molar-refractivity contribution is 5.85. The van der Waals surface area contributed by atoms with Gasteiger partial charge in [-0.3, -0.25) is 4.79 Å². The van der Waals surface area contributed by atoms with Gasteiger partial charge in [-0.1, -0.05) is 48.5 Å². The monoisotopic (exact) mass is 470 g/mol. The number of methoxy groups -OCH3 is 1. The van der Waals surface area contributed by atoms with E-state index in [9.17, 15) is 4.79 Å². The van der Waals surface area contributed by atoms with Crippen molar-refractivity contribution in [2.75, 3.05) is 7.11 Å². The lowest BCUT2D eigenvalue weighted by molar-refractivity contribution is -0.163. The van der Waals surface area contributed by atoms with Gasteiger partial charge in [0.05, 0.1) is 11.7 Å². The number of Topliss-reactive ketones (excluding diaryl/α,β-unsaturated/α-hetero) is 1. The van der Waals surface area contributed by atoms with Gasteiger partial charge in [-0.2, -0.15) is 0 Å². The molecule has 0 aromatic heterocycles. The Hall–Kier alpha value is -0.410. The van der Waals surface area contributed by atoms with Crippen LogP contribution in [0, 0.1) is 44.8 Å². The average molecular weight is 471 g/mol. The molecular formula is C31H50O3. The molecule has 0 aromatic carbocycles. The molecule has 0 radical (unpaired) electrons. The molecule has 34 heavy (non-hydrogen) atoms. The Morgan fingerprint density at radius 3 is 2.18 bits per heavy atom. The van der Waals surface area contributed by atoms with Crippen molar-refractivity contribution in [3.63, 3.8) is 0 Å². The van der Waals surface area contributed by atoms with E-state index in [1.54, 1.807) is 0 Å². The molecule has 6 fully saturated rings. The molecule has 0 bridgehead atoms. The molecule has 192 valence electrons. The van der Waals surface area contributed by atoms with Crippen LogP contribution < -0.4 is 0 Å². The van der Waals surface area contributed by atoms with Crippen LogP contribution >= 0.6 is 0 Å². The molecule has 5 aliphatic carbocycles. The van der Waals surface area contributed by atoms with Gasteiger partial charge < -0.3 is 9.47 Å². The predicted molar refractivity (Wildman–Crippen MR) is 135 cm³/mol. The molecule has 0 N–H and O–H groups in total. The third kappa shape index (κ3) is 2.55. The Morgan fingerprint density at radius 1 is 0.794 bits per heavy atom. The standard InChI is InChI=1S/C31H50O3/c1-25(2)20-9-14-27(5)19-30-17-10-21-26(3,4)24(33-8)13-16-29(21,7)31(30,34-30)18-11-22(27)28(20,6)15-12-23(25)32/h20-22,24H,9-19H2,1-8H3/t20-,21+,22-,24+,27+,28+,29+,30-,31-/m1/s1. The van der Waals surface area contributed by atoms with Crippen molar-refractivity contribution in [3.05, 3.63) is 0 Å². The van der Waals surface area contributed by atoms with Crippen molar-refractivity contribution in [1.29, 1.82) is 0 Å². The van der Waals surface area contributed by atoms with E-state index in [0.29, 0.717) is 35.1 Å². The zero-order valence-corrected chi connectivity index (χ0v) is 23.3. The van der Waals surface area contributed by atoms with Crippen LogP contribution in [0.1, 0.15) is 119 Å². The van der Waals surface area contributed by atoms with Gasteiger partial charge in [0.2, 0.25) is 0 Å². The molecule has 1 saturated heterocycles. The normalized spacial score (nSPS) is 57.2. The second-order valence-electron chi connectivity index (χ2n) is 15.7. The minimum absolute atomic E-state index is 0.0606. The summed E-state index contributed by atoms with van der Waals surface area (Å²) in [7, 11) is 1.92. The van der Waals surface area contributed by atoms with Gasteiger partial charge >= 0.3 is 0 Å². The van der Waals surface area contributed by atoms with Crippen LogP contribution in [0.15, 0.2) is 0 Å². The second kappa shape index (κ2) is 6.72. The SMILES string of the molecule is CO[C@H]1CC[C@@]2(C)[C@@H](CC[C@@]34C[C@]5(C)CC[C@@H]6C(C)(C)C(=O)CC[C@]6(C)[C@@H]5CC[C@]32O4)C1(C)C. The molecule has 0 aromatic rings. The van der Waals surface area contributed by atoms with E-state index in [1.165, 1.54) is 51.4 Å². The highest BCUT2D eigenvalue weighted by Crippen LogP contribution is 2.80. The Balaban J connectivity index is 1.38. The Labute approximate surface area is 208 Å². The third-order valence-electron chi connectivity index (χ3n) is 13.9. The first-order valence-electron chi connectivity index (χ1n) is 14.5. The number of epoxide rings is 1. The van der Waals surface area contributed by atoms with Gasteiger partial charge in [0.15, 0.2) is 0 Å². The van der Waals surface area contributed by atoms with E-state index in [1.807, 2.05) is 7.11 Å². The van der Waals surface area contributed by atoms with Crippen LogP contribution in [-0.4, -0.2) is 30.2 Å². The summed E-state index contributed by atoms with van der Waals surface area (Å²) in [4.78, 5) is 13.0. The van der Waals surface area contributed by atoms with Gasteiger partial charge in [0, 0.05) is 24.4 Å². The molecule has 0 spiro atoms. The fourth-order valence-corrected chi connectivity index (χ4v) is 12.4. The average Bonchev–Trinajstić information content (AvgIpc) is 3.41. The molecule has 1 aliphatic heterocycles. The molecule has 5 saturated carbocycles. The summed E-state index contributed by atoms with van der Waals surface area (Å²) in [5.41, 5.74) is 1.06. The molecule has 1 heterocycles. The van der Waals surface area contributed by atoms with Gasteiger partial charge in [-0.15, -0.1) is 0 Å². The summed E-state index contributed by atoms with van der Waals surface area (Å²) in [5.74, 6) is 2.42. The van der Waals surface area contributed by atoms with Crippen LogP contribution in [0.4, 0.5) is 0 Å². The number of ketones is 1. The summed E-state index contributed by atoms with van der Waals surface area (Å²) in [6.07, 6.45) is 13.4. The maximum atomic E-state index is 13.0. The Morgan fingerprint density at radius 2 is 1.47 bits per heavy atom. The highest BCUT2D eigenvalue weighted by Gasteiger charge is 2.83. The number of ether oxygens (including phenoxy) is 2. The minimum Gasteiger partial charge on any atom is -0.381 e. The van der Waals surface area contributed by atoms with Crippen molar-refractivity contribution < 1.29 is 14.3 Å². The Kier molecular flexibility index (Phi) is 4.73. The summed E-state index contributed by atoms with van der Waals surface area (Å²) >= 11 is 0. The van der Waals surface area contributed by atoms with Gasteiger partial charge in [-0.25, -0.2) is 0 Å². The molecule has 0 amide bonds. The van der Waals surface area contributed by atoms with Gasteiger partial charge in [0.25, 0.3) is 0 Å². The second-order valence-corrected chi connectivity index (χ2v) is 15.7. The number of hydrogen-bond acceptors (Lipinski definition) is 3. The lowest BCUT2D eigenvalue weighted by Gasteiger charge is -2.62. The Bertz CT molecular complexity index is 906.